The number of benzene rings is 1. The van der Waals surface area contributed by atoms with Crippen molar-refractivity contribution >= 4 is 16.8 Å². The molecule has 1 aromatic heterocycles. The summed E-state index contributed by atoms with van der Waals surface area (Å²) < 4.78 is 0. The summed E-state index contributed by atoms with van der Waals surface area (Å²) in [5, 5.41) is 0.997. The van der Waals surface area contributed by atoms with E-state index in [0.29, 0.717) is 5.92 Å². The van der Waals surface area contributed by atoms with Crippen LogP contribution in [0.1, 0.15) is 47.7 Å². The summed E-state index contributed by atoms with van der Waals surface area (Å²) in [6.45, 7) is 3.75. The summed E-state index contributed by atoms with van der Waals surface area (Å²) in [5.74, 6) is 0.749. The van der Waals surface area contributed by atoms with Crippen LogP contribution in [0, 0.1) is 0 Å². The smallest absolute Gasteiger partial charge is 0.254 e. The quantitative estimate of drug-likeness (QED) is 0.872. The van der Waals surface area contributed by atoms with Crippen molar-refractivity contribution in [3.05, 3.63) is 41.6 Å². The largest absolute Gasteiger partial charge is 0.336 e. The van der Waals surface area contributed by atoms with Crippen LogP contribution in [0.15, 0.2) is 30.3 Å². The van der Waals surface area contributed by atoms with E-state index in [9.17, 15) is 4.79 Å². The number of pyridine rings is 1. The highest BCUT2D eigenvalue weighted by Gasteiger charge is 2.33. The molecular weight excluding hydrogens is 298 g/mol. The molecule has 4 nitrogen and oxygen atoms in total. The third-order valence-corrected chi connectivity index (χ3v) is 5.63. The van der Waals surface area contributed by atoms with E-state index >= 15 is 0 Å². The highest BCUT2D eigenvalue weighted by molar-refractivity contribution is 6.06. The van der Waals surface area contributed by atoms with Gasteiger partial charge in [-0.3, -0.25) is 14.7 Å². The number of carbonyl (C=O) groups is 1. The second-order valence-electron chi connectivity index (χ2n) is 7.45. The van der Waals surface area contributed by atoms with Crippen molar-refractivity contribution in [2.24, 2.45) is 0 Å². The molecule has 2 heterocycles. The van der Waals surface area contributed by atoms with Gasteiger partial charge < -0.3 is 4.90 Å². The molecule has 0 spiro atoms. The number of hydrogen-bond acceptors (Lipinski definition) is 3. The van der Waals surface area contributed by atoms with Crippen LogP contribution in [0.3, 0.4) is 0 Å². The SMILES string of the molecule is O=C(c1cc(C2CC2)nc2ccccc12)N1CCN(C2CC2)CC1. The maximum absolute atomic E-state index is 13.2. The van der Waals surface area contributed by atoms with Crippen molar-refractivity contribution in [2.75, 3.05) is 26.2 Å². The summed E-state index contributed by atoms with van der Waals surface area (Å²) in [7, 11) is 0. The predicted octanol–water partition coefficient (Wildman–Crippen LogP) is 3.03. The van der Waals surface area contributed by atoms with Crippen molar-refractivity contribution in [1.29, 1.82) is 0 Å². The van der Waals surface area contributed by atoms with Crippen LogP contribution in [-0.2, 0) is 0 Å². The molecular formula is C20H23N3O. The lowest BCUT2D eigenvalue weighted by Crippen LogP contribution is -2.49. The van der Waals surface area contributed by atoms with E-state index < -0.39 is 0 Å². The Labute approximate surface area is 142 Å². The molecule has 0 N–H and O–H groups in total. The van der Waals surface area contributed by atoms with Gasteiger partial charge in [-0.2, -0.15) is 0 Å². The molecule has 3 fully saturated rings. The van der Waals surface area contributed by atoms with Crippen molar-refractivity contribution in [1.82, 2.24) is 14.8 Å². The number of aromatic nitrogens is 1. The molecule has 1 aromatic carbocycles. The minimum atomic E-state index is 0.186. The van der Waals surface area contributed by atoms with E-state index in [4.69, 9.17) is 4.98 Å². The Balaban J connectivity index is 1.45. The zero-order valence-corrected chi connectivity index (χ0v) is 13.9. The Morgan fingerprint density at radius 1 is 1.00 bits per heavy atom. The van der Waals surface area contributed by atoms with Gasteiger partial charge in [-0.25, -0.2) is 0 Å². The third-order valence-electron chi connectivity index (χ3n) is 5.63. The van der Waals surface area contributed by atoms with Gasteiger partial charge in [0, 0.05) is 49.2 Å². The average molecular weight is 321 g/mol. The summed E-state index contributed by atoms with van der Waals surface area (Å²) in [6.07, 6.45) is 5.10. The molecule has 3 aliphatic rings. The fraction of sp³-hybridized carbons (Fsp3) is 0.500. The highest BCUT2D eigenvalue weighted by atomic mass is 16.2. The van der Waals surface area contributed by atoms with E-state index in [-0.39, 0.29) is 5.91 Å². The van der Waals surface area contributed by atoms with Crippen LogP contribution in [0.5, 0.6) is 0 Å². The zero-order chi connectivity index (χ0) is 16.1. The maximum atomic E-state index is 13.2. The molecule has 1 amide bonds. The first-order valence-electron chi connectivity index (χ1n) is 9.22. The monoisotopic (exact) mass is 321 g/mol. The number of nitrogens with zero attached hydrogens (tertiary/aromatic N) is 3. The van der Waals surface area contributed by atoms with E-state index in [1.807, 2.05) is 29.2 Å². The van der Waals surface area contributed by atoms with Crippen molar-refractivity contribution < 1.29 is 4.79 Å². The molecule has 1 saturated heterocycles. The van der Waals surface area contributed by atoms with Crippen LogP contribution in [-0.4, -0.2) is 52.9 Å². The Hall–Kier alpha value is -1.94. The second-order valence-corrected chi connectivity index (χ2v) is 7.45. The molecule has 0 bridgehead atoms. The molecule has 24 heavy (non-hydrogen) atoms. The minimum absolute atomic E-state index is 0.186. The van der Waals surface area contributed by atoms with Crippen LogP contribution >= 0.6 is 0 Å². The summed E-state index contributed by atoms with van der Waals surface area (Å²) in [4.78, 5) is 22.6. The molecule has 0 atom stereocenters. The first-order valence-corrected chi connectivity index (χ1v) is 9.22. The Morgan fingerprint density at radius 2 is 1.75 bits per heavy atom. The summed E-state index contributed by atoms with van der Waals surface area (Å²) >= 11 is 0. The van der Waals surface area contributed by atoms with Gasteiger partial charge in [0.2, 0.25) is 0 Å². The molecule has 1 aliphatic heterocycles. The number of para-hydroxylation sites is 1. The lowest BCUT2D eigenvalue weighted by atomic mass is 10.0. The molecule has 0 radical (unpaired) electrons. The van der Waals surface area contributed by atoms with Crippen molar-refractivity contribution in [3.8, 4) is 0 Å². The second kappa shape index (κ2) is 5.55. The van der Waals surface area contributed by atoms with Gasteiger partial charge in [0.05, 0.1) is 11.1 Å². The number of fused-ring (bicyclic) bond motifs is 1. The molecule has 2 aliphatic carbocycles. The molecule has 2 saturated carbocycles. The van der Waals surface area contributed by atoms with Gasteiger partial charge in [-0.05, 0) is 37.8 Å². The molecule has 4 heteroatoms. The number of carbonyl (C=O) groups excluding carboxylic acids is 1. The zero-order valence-electron chi connectivity index (χ0n) is 13.9. The minimum Gasteiger partial charge on any atom is -0.336 e. The fourth-order valence-corrected chi connectivity index (χ4v) is 3.86. The van der Waals surface area contributed by atoms with Crippen molar-refractivity contribution in [3.63, 3.8) is 0 Å². The number of piperazine rings is 1. The van der Waals surface area contributed by atoms with Crippen LogP contribution in [0.2, 0.25) is 0 Å². The lowest BCUT2D eigenvalue weighted by molar-refractivity contribution is 0.0629. The van der Waals surface area contributed by atoms with Gasteiger partial charge in [-0.15, -0.1) is 0 Å². The Kier molecular flexibility index (Phi) is 3.33. The van der Waals surface area contributed by atoms with Gasteiger partial charge in [-0.1, -0.05) is 18.2 Å². The molecule has 0 unspecified atom stereocenters. The number of rotatable bonds is 3. The van der Waals surface area contributed by atoms with Gasteiger partial charge in [0.25, 0.3) is 5.91 Å². The summed E-state index contributed by atoms with van der Waals surface area (Å²) in [6, 6.07) is 10.9. The van der Waals surface area contributed by atoms with Gasteiger partial charge in [0.15, 0.2) is 0 Å². The van der Waals surface area contributed by atoms with E-state index in [1.54, 1.807) is 0 Å². The Bertz CT molecular complexity index is 787. The maximum Gasteiger partial charge on any atom is 0.254 e. The average Bonchev–Trinajstić information content (AvgIpc) is 3.52. The highest BCUT2D eigenvalue weighted by Crippen LogP contribution is 2.40. The normalized spacial score (nSPS) is 22.1. The van der Waals surface area contributed by atoms with Crippen LogP contribution in [0.25, 0.3) is 10.9 Å². The fourth-order valence-electron chi connectivity index (χ4n) is 3.86. The predicted molar refractivity (Wildman–Crippen MR) is 94.2 cm³/mol. The van der Waals surface area contributed by atoms with E-state index in [1.165, 1.54) is 25.7 Å². The van der Waals surface area contributed by atoms with Gasteiger partial charge >= 0.3 is 0 Å². The number of hydrogen-bond donors (Lipinski definition) is 0. The molecule has 5 rings (SSSR count). The standard InChI is InChI=1S/C20H23N3O/c24-20(23-11-9-22(10-12-23)15-7-8-15)17-13-19(14-5-6-14)21-18-4-2-1-3-16(17)18/h1-4,13-15H,5-12H2. The lowest BCUT2D eigenvalue weighted by Gasteiger charge is -2.35. The van der Waals surface area contributed by atoms with Crippen molar-refractivity contribution in [2.45, 2.75) is 37.6 Å². The third kappa shape index (κ3) is 2.59. The van der Waals surface area contributed by atoms with Crippen LogP contribution < -0.4 is 0 Å². The topological polar surface area (TPSA) is 36.4 Å². The van der Waals surface area contributed by atoms with E-state index in [2.05, 4.69) is 11.0 Å². The number of amides is 1. The first kappa shape index (κ1) is 14.4. The first-order chi connectivity index (χ1) is 11.8. The Morgan fingerprint density at radius 3 is 2.46 bits per heavy atom. The van der Waals surface area contributed by atoms with Crippen LogP contribution in [0.4, 0.5) is 0 Å². The molecule has 2 aromatic rings. The summed E-state index contributed by atoms with van der Waals surface area (Å²) in [5.41, 5.74) is 2.91. The van der Waals surface area contributed by atoms with Gasteiger partial charge in [0.1, 0.15) is 0 Å². The van der Waals surface area contributed by atoms with E-state index in [0.717, 1.165) is 54.4 Å². The molecule has 124 valence electrons.